The Labute approximate surface area is 222 Å². The molecule has 0 aliphatic heterocycles. The molecule has 2 aromatic carbocycles. The molecule has 4 heteroatoms. The van der Waals surface area contributed by atoms with Gasteiger partial charge in [-0.2, -0.15) is 0 Å². The van der Waals surface area contributed by atoms with Crippen molar-refractivity contribution in [2.24, 2.45) is 5.92 Å². The minimum atomic E-state index is -1.91. The molecule has 2 aliphatic rings. The van der Waals surface area contributed by atoms with Crippen LogP contribution in [-0.4, -0.2) is 16.6 Å². The Bertz CT molecular complexity index is 1100. The summed E-state index contributed by atoms with van der Waals surface area (Å²) < 4.78 is 13.5. The molecule has 0 aromatic heterocycles. The molecule has 0 saturated carbocycles. The van der Waals surface area contributed by atoms with Crippen LogP contribution in [0.1, 0.15) is 82.6 Å². The first kappa shape index (κ1) is 27.0. The van der Waals surface area contributed by atoms with E-state index in [9.17, 15) is 0 Å². The van der Waals surface area contributed by atoms with Gasteiger partial charge in [-0.25, -0.2) is 0 Å². The maximum atomic E-state index is 6.77. The van der Waals surface area contributed by atoms with E-state index in [1.807, 2.05) is 0 Å². The van der Waals surface area contributed by atoms with Gasteiger partial charge in [-0.05, 0) is 65.4 Å². The summed E-state index contributed by atoms with van der Waals surface area (Å²) in [4.78, 5) is 0. The van der Waals surface area contributed by atoms with Crippen molar-refractivity contribution in [3.05, 3.63) is 70.8 Å². The highest BCUT2D eigenvalue weighted by atomic mass is 28.4. The summed E-state index contributed by atoms with van der Waals surface area (Å²) in [6.45, 7) is 25.5. The van der Waals surface area contributed by atoms with Gasteiger partial charge < -0.3 is 8.85 Å². The molecule has 2 unspecified atom stereocenters. The minimum absolute atomic E-state index is 0.174. The Hall–Kier alpha value is -2.05. The molecule has 0 heterocycles. The maximum Gasteiger partial charge on any atom is 0.250 e. The molecule has 36 heavy (non-hydrogen) atoms. The second-order valence-electron chi connectivity index (χ2n) is 13.9. The lowest BCUT2D eigenvalue weighted by molar-refractivity contribution is 0.472. The van der Waals surface area contributed by atoms with Crippen molar-refractivity contribution in [3.63, 3.8) is 0 Å². The van der Waals surface area contributed by atoms with E-state index in [1.165, 1.54) is 22.3 Å². The van der Waals surface area contributed by atoms with Crippen LogP contribution in [0.5, 0.6) is 11.5 Å². The number of rotatable bonds is 6. The number of hydrogen-bond acceptors (Lipinski definition) is 2. The van der Waals surface area contributed by atoms with Crippen LogP contribution in [0.15, 0.2) is 48.6 Å². The van der Waals surface area contributed by atoms with Crippen LogP contribution >= 0.6 is 0 Å². The summed E-state index contributed by atoms with van der Waals surface area (Å²) in [5.74, 6) is 3.28. The number of fused-ring (bicyclic) bond motifs is 2. The van der Waals surface area contributed by atoms with E-state index in [1.54, 1.807) is 0 Å². The van der Waals surface area contributed by atoms with Crippen LogP contribution < -0.4 is 8.85 Å². The summed E-state index contributed by atoms with van der Waals surface area (Å²) in [6.07, 6.45) is 9.40. The second kappa shape index (κ2) is 9.06. The van der Waals surface area contributed by atoms with Crippen molar-refractivity contribution in [2.45, 2.75) is 96.6 Å². The molecule has 2 nitrogen and oxygen atoms in total. The topological polar surface area (TPSA) is 18.5 Å². The fraction of sp³-hybridized carbons (Fsp3) is 0.500. The van der Waals surface area contributed by atoms with Gasteiger partial charge in [0.2, 0.25) is 0 Å². The van der Waals surface area contributed by atoms with Gasteiger partial charge in [0.15, 0.2) is 0 Å². The van der Waals surface area contributed by atoms with Crippen molar-refractivity contribution in [1.82, 2.24) is 0 Å². The molecule has 0 bridgehead atoms. The zero-order valence-corrected chi connectivity index (χ0v) is 26.3. The van der Waals surface area contributed by atoms with Gasteiger partial charge in [0.25, 0.3) is 16.6 Å². The Morgan fingerprint density at radius 2 is 1.00 bits per heavy atom. The highest BCUT2D eigenvalue weighted by Crippen LogP contribution is 2.50. The Kier molecular flexibility index (Phi) is 6.79. The SMILES string of the molecule is CC(C1C=Cc2c(O[Si](C)(C)C(C)(C)C)cccc21)C1C=Cc2c(O[Si](C)(C)C(C)(C)C)cccc21. The lowest BCUT2D eigenvalue weighted by atomic mass is 9.78. The lowest BCUT2D eigenvalue weighted by Gasteiger charge is -2.37. The van der Waals surface area contributed by atoms with E-state index in [4.69, 9.17) is 8.85 Å². The third kappa shape index (κ3) is 4.79. The standard InChI is InChI=1S/C32H46O2Si2/c1-22(23-18-20-27-25(23)14-12-16-29(27)33-35(8,9)31(2,3)4)24-19-21-28-26(24)15-13-17-30(28)34-36(10,11)32(5,6)7/h12-24H,1-11H3. The molecular weight excluding hydrogens is 473 g/mol. The zero-order chi connectivity index (χ0) is 26.7. The third-order valence-corrected chi connectivity index (χ3v) is 18.0. The third-order valence-electron chi connectivity index (χ3n) is 9.33. The van der Waals surface area contributed by atoms with Crippen molar-refractivity contribution in [2.75, 3.05) is 0 Å². The fourth-order valence-electron chi connectivity index (χ4n) is 4.84. The molecule has 2 aromatic rings. The highest BCUT2D eigenvalue weighted by Gasteiger charge is 2.41. The van der Waals surface area contributed by atoms with Crippen molar-refractivity contribution in [1.29, 1.82) is 0 Å². The largest absolute Gasteiger partial charge is 0.543 e. The molecular formula is C32H46O2Si2. The van der Waals surface area contributed by atoms with Crippen LogP contribution in [0.25, 0.3) is 12.2 Å². The number of hydrogen-bond donors (Lipinski definition) is 0. The monoisotopic (exact) mass is 518 g/mol. The Morgan fingerprint density at radius 1 is 0.639 bits per heavy atom. The van der Waals surface area contributed by atoms with Crippen LogP contribution in [0, 0.1) is 5.92 Å². The summed E-state index contributed by atoms with van der Waals surface area (Å²) in [7, 11) is -3.81. The lowest BCUT2D eigenvalue weighted by Crippen LogP contribution is -2.44. The average Bonchev–Trinajstić information content (AvgIpc) is 3.37. The summed E-state index contributed by atoms with van der Waals surface area (Å²) >= 11 is 0. The second-order valence-corrected chi connectivity index (χ2v) is 23.3. The predicted molar refractivity (Wildman–Crippen MR) is 161 cm³/mol. The Balaban J connectivity index is 1.61. The van der Waals surface area contributed by atoms with Gasteiger partial charge in [0, 0.05) is 23.0 Å². The quantitative estimate of drug-likeness (QED) is 0.354. The molecule has 0 N–H and O–H groups in total. The molecule has 194 valence electrons. The van der Waals surface area contributed by atoms with E-state index in [0.29, 0.717) is 17.8 Å². The van der Waals surface area contributed by atoms with Crippen molar-refractivity contribution in [3.8, 4) is 11.5 Å². The number of benzene rings is 2. The first-order valence-electron chi connectivity index (χ1n) is 13.5. The highest BCUT2D eigenvalue weighted by molar-refractivity contribution is 6.75. The van der Waals surface area contributed by atoms with Gasteiger partial charge in [0.05, 0.1) is 0 Å². The molecule has 0 fully saturated rings. The van der Waals surface area contributed by atoms with Gasteiger partial charge >= 0.3 is 0 Å². The van der Waals surface area contributed by atoms with Crippen LogP contribution in [0.3, 0.4) is 0 Å². The smallest absolute Gasteiger partial charge is 0.250 e. The molecule has 4 rings (SSSR count). The average molecular weight is 519 g/mol. The van der Waals surface area contributed by atoms with E-state index in [-0.39, 0.29) is 10.1 Å². The van der Waals surface area contributed by atoms with Gasteiger partial charge in [-0.15, -0.1) is 0 Å². The van der Waals surface area contributed by atoms with E-state index >= 15 is 0 Å². The summed E-state index contributed by atoms with van der Waals surface area (Å²) in [5, 5.41) is 0.348. The number of allylic oxidation sites excluding steroid dienone is 2. The van der Waals surface area contributed by atoms with E-state index < -0.39 is 16.6 Å². The van der Waals surface area contributed by atoms with Crippen LogP contribution in [0.4, 0.5) is 0 Å². The van der Waals surface area contributed by atoms with E-state index in [2.05, 4.69) is 135 Å². The normalized spacial score (nSPS) is 20.3. The van der Waals surface area contributed by atoms with Crippen LogP contribution in [-0.2, 0) is 0 Å². The molecule has 0 amide bonds. The fourth-order valence-corrected chi connectivity index (χ4v) is 6.91. The molecule has 2 aliphatic carbocycles. The summed E-state index contributed by atoms with van der Waals surface area (Å²) in [6, 6.07) is 13.3. The van der Waals surface area contributed by atoms with Crippen molar-refractivity contribution >= 4 is 28.8 Å². The molecule has 0 saturated heterocycles. The maximum absolute atomic E-state index is 6.77. The first-order valence-corrected chi connectivity index (χ1v) is 19.4. The summed E-state index contributed by atoms with van der Waals surface area (Å²) in [5.41, 5.74) is 5.34. The van der Waals surface area contributed by atoms with Gasteiger partial charge in [0.1, 0.15) is 11.5 Å². The van der Waals surface area contributed by atoms with Gasteiger partial charge in [-0.1, -0.05) is 97.0 Å². The molecule has 0 radical (unpaired) electrons. The van der Waals surface area contributed by atoms with E-state index in [0.717, 1.165) is 11.5 Å². The Morgan fingerprint density at radius 3 is 1.33 bits per heavy atom. The zero-order valence-electron chi connectivity index (χ0n) is 24.3. The van der Waals surface area contributed by atoms with Gasteiger partial charge in [-0.3, -0.25) is 0 Å². The molecule has 0 spiro atoms. The van der Waals surface area contributed by atoms with Crippen molar-refractivity contribution < 1.29 is 8.85 Å². The first-order chi connectivity index (χ1) is 16.5. The predicted octanol–water partition coefficient (Wildman–Crippen LogP) is 10.0. The molecule has 2 atom stereocenters. The van der Waals surface area contributed by atoms with Crippen LogP contribution in [0.2, 0.25) is 36.3 Å². The minimum Gasteiger partial charge on any atom is -0.543 e.